The highest BCUT2D eigenvalue weighted by Gasteiger charge is 2.33. The molecule has 0 bridgehead atoms. The van der Waals surface area contributed by atoms with Gasteiger partial charge in [-0.05, 0) is 55.3 Å². The summed E-state index contributed by atoms with van der Waals surface area (Å²) in [6.07, 6.45) is 1.10. The minimum Gasteiger partial charge on any atom is -0.302 e. The number of rotatable bonds is 6. The van der Waals surface area contributed by atoms with Gasteiger partial charge in [0.25, 0.3) is 0 Å². The Hall–Kier alpha value is -2.09. The fourth-order valence-corrected chi connectivity index (χ4v) is 7.23. The van der Waals surface area contributed by atoms with Crippen molar-refractivity contribution in [1.82, 2.24) is 13.6 Å². The van der Waals surface area contributed by atoms with E-state index in [9.17, 15) is 21.6 Å². The quantitative estimate of drug-likeness (QED) is 0.511. The molecule has 1 amide bonds. The van der Waals surface area contributed by atoms with E-state index in [-0.39, 0.29) is 22.2 Å². The smallest absolute Gasteiger partial charge is 0.243 e. The largest absolute Gasteiger partial charge is 0.302 e. The van der Waals surface area contributed by atoms with E-state index in [1.807, 2.05) is 0 Å². The van der Waals surface area contributed by atoms with Gasteiger partial charge in [-0.2, -0.15) is 4.31 Å². The number of piperidine rings is 1. The molecule has 4 rings (SSSR count). The molecule has 1 aromatic heterocycles. The predicted octanol–water partition coefficient (Wildman–Crippen LogP) is 3.24. The van der Waals surface area contributed by atoms with Crippen molar-refractivity contribution in [3.8, 4) is 0 Å². The Morgan fingerprint density at radius 2 is 1.79 bits per heavy atom. The molecule has 1 fully saturated rings. The summed E-state index contributed by atoms with van der Waals surface area (Å²) in [6.45, 7) is 0.395. The third-order valence-electron chi connectivity index (χ3n) is 5.57. The van der Waals surface area contributed by atoms with Gasteiger partial charge in [-0.1, -0.05) is 22.9 Å². The number of thiazole rings is 1. The number of halogens is 1. The molecule has 0 saturated carbocycles. The summed E-state index contributed by atoms with van der Waals surface area (Å²) < 4.78 is 53.8. The molecule has 1 aliphatic rings. The summed E-state index contributed by atoms with van der Waals surface area (Å²) in [5.41, 5.74) is 0.564. The number of anilines is 1. The predicted molar refractivity (Wildman–Crippen MR) is 132 cm³/mol. The summed E-state index contributed by atoms with van der Waals surface area (Å²) in [5.74, 6) is -0.858. The van der Waals surface area contributed by atoms with Crippen molar-refractivity contribution in [2.75, 3.05) is 32.5 Å². The molecule has 9 nitrogen and oxygen atoms in total. The lowest BCUT2D eigenvalue weighted by Gasteiger charge is -2.31. The number of amides is 1. The van der Waals surface area contributed by atoms with Crippen molar-refractivity contribution in [1.29, 1.82) is 0 Å². The SMILES string of the molecule is CN(C)S(=O)(=O)c1ccc2nc(NC(=O)C3CCCN(S(=O)(=O)c4ccc(Cl)cc4)C3)sc2c1. The third kappa shape index (κ3) is 4.97. The monoisotopic (exact) mass is 542 g/mol. The van der Waals surface area contributed by atoms with Crippen molar-refractivity contribution in [2.45, 2.75) is 22.6 Å². The molecule has 3 aromatic rings. The molecule has 1 unspecified atom stereocenters. The molecule has 2 aromatic carbocycles. The van der Waals surface area contributed by atoms with Crippen LogP contribution in [0.1, 0.15) is 12.8 Å². The maximum atomic E-state index is 13.0. The van der Waals surface area contributed by atoms with E-state index in [1.54, 1.807) is 6.07 Å². The number of nitrogens with one attached hydrogen (secondary N) is 1. The van der Waals surface area contributed by atoms with Gasteiger partial charge in [0, 0.05) is 32.2 Å². The average Bonchev–Trinajstić information content (AvgIpc) is 3.20. The van der Waals surface area contributed by atoms with Crippen LogP contribution in [0.5, 0.6) is 0 Å². The second-order valence-corrected chi connectivity index (χ2v) is 13.6. The number of carbonyl (C=O) groups is 1. The number of carbonyl (C=O) groups excluding carboxylic acids is 1. The Kier molecular flexibility index (Phi) is 7.00. The lowest BCUT2D eigenvalue weighted by atomic mass is 9.99. The van der Waals surface area contributed by atoms with Crippen molar-refractivity contribution in [3.05, 3.63) is 47.5 Å². The highest BCUT2D eigenvalue weighted by molar-refractivity contribution is 7.89. The molecule has 1 saturated heterocycles. The van der Waals surface area contributed by atoms with Gasteiger partial charge in [-0.25, -0.2) is 26.1 Å². The summed E-state index contributed by atoms with van der Waals surface area (Å²) in [7, 11) is -4.42. The van der Waals surface area contributed by atoms with Crippen LogP contribution in [0, 0.1) is 5.92 Å². The Bertz CT molecular complexity index is 1440. The highest BCUT2D eigenvalue weighted by Crippen LogP contribution is 2.30. The zero-order chi connectivity index (χ0) is 24.7. The highest BCUT2D eigenvalue weighted by atomic mass is 35.5. The van der Waals surface area contributed by atoms with Crippen molar-refractivity contribution in [3.63, 3.8) is 0 Å². The zero-order valence-electron chi connectivity index (χ0n) is 18.4. The van der Waals surface area contributed by atoms with E-state index in [0.29, 0.717) is 39.8 Å². The first kappa shape index (κ1) is 25.0. The number of nitrogens with zero attached hydrogens (tertiary/aromatic N) is 3. The van der Waals surface area contributed by atoms with Gasteiger partial charge in [-0.3, -0.25) is 4.79 Å². The fraction of sp³-hybridized carbons (Fsp3) is 0.333. The van der Waals surface area contributed by atoms with Crippen LogP contribution in [0.2, 0.25) is 5.02 Å². The maximum Gasteiger partial charge on any atom is 0.243 e. The molecule has 1 aliphatic heterocycles. The molecule has 0 aliphatic carbocycles. The first-order chi connectivity index (χ1) is 16.0. The Morgan fingerprint density at radius 3 is 2.47 bits per heavy atom. The second kappa shape index (κ2) is 9.51. The zero-order valence-corrected chi connectivity index (χ0v) is 21.6. The van der Waals surface area contributed by atoms with Crippen LogP contribution in [0.15, 0.2) is 52.3 Å². The maximum absolute atomic E-state index is 13.0. The standard InChI is InChI=1S/C21H23ClN4O5S3/c1-25(2)33(28,29)17-9-10-18-19(12-17)32-21(23-18)24-20(27)14-4-3-11-26(13-14)34(30,31)16-7-5-15(22)6-8-16/h5-10,12,14H,3-4,11,13H2,1-2H3,(H,23,24,27). The van der Waals surface area contributed by atoms with Gasteiger partial charge in [0.15, 0.2) is 5.13 Å². The topological polar surface area (TPSA) is 117 Å². The number of aromatic nitrogens is 1. The normalized spacial score (nSPS) is 17.8. The summed E-state index contributed by atoms with van der Waals surface area (Å²) >= 11 is 7.03. The number of sulfonamides is 2. The minimum atomic E-state index is -3.74. The van der Waals surface area contributed by atoms with Crippen LogP contribution in [0.25, 0.3) is 10.2 Å². The molecule has 0 spiro atoms. The molecule has 13 heteroatoms. The van der Waals surface area contributed by atoms with Crippen LogP contribution in [0.3, 0.4) is 0 Å². The van der Waals surface area contributed by atoms with Crippen LogP contribution in [0.4, 0.5) is 5.13 Å². The number of hydrogen-bond donors (Lipinski definition) is 1. The van der Waals surface area contributed by atoms with Crippen LogP contribution >= 0.6 is 22.9 Å². The van der Waals surface area contributed by atoms with Gasteiger partial charge in [-0.15, -0.1) is 0 Å². The van der Waals surface area contributed by atoms with E-state index in [0.717, 1.165) is 4.31 Å². The first-order valence-electron chi connectivity index (χ1n) is 10.4. The summed E-state index contributed by atoms with van der Waals surface area (Å²) in [4.78, 5) is 17.6. The lowest BCUT2D eigenvalue weighted by molar-refractivity contribution is -0.120. The molecule has 182 valence electrons. The summed E-state index contributed by atoms with van der Waals surface area (Å²) in [6, 6.07) is 10.5. The Morgan fingerprint density at radius 1 is 1.12 bits per heavy atom. The molecule has 1 atom stereocenters. The van der Waals surface area contributed by atoms with E-state index in [1.165, 1.54) is 66.1 Å². The van der Waals surface area contributed by atoms with Gasteiger partial charge in [0.1, 0.15) is 0 Å². The van der Waals surface area contributed by atoms with Gasteiger partial charge >= 0.3 is 0 Å². The van der Waals surface area contributed by atoms with Crippen molar-refractivity contribution >= 4 is 64.2 Å². The molecule has 34 heavy (non-hydrogen) atoms. The van der Waals surface area contributed by atoms with Crippen LogP contribution in [-0.4, -0.2) is 63.5 Å². The van der Waals surface area contributed by atoms with E-state index in [4.69, 9.17) is 11.6 Å². The van der Waals surface area contributed by atoms with Crippen LogP contribution < -0.4 is 5.32 Å². The Labute approximate surface area is 207 Å². The number of fused-ring (bicyclic) bond motifs is 1. The van der Waals surface area contributed by atoms with Crippen LogP contribution in [-0.2, 0) is 24.8 Å². The lowest BCUT2D eigenvalue weighted by Crippen LogP contribution is -2.43. The van der Waals surface area contributed by atoms with E-state index in [2.05, 4.69) is 10.3 Å². The molecule has 1 N–H and O–H groups in total. The van der Waals surface area contributed by atoms with E-state index < -0.39 is 26.0 Å². The van der Waals surface area contributed by atoms with Gasteiger partial charge in [0.05, 0.1) is 25.9 Å². The van der Waals surface area contributed by atoms with Crippen molar-refractivity contribution in [2.24, 2.45) is 5.92 Å². The first-order valence-corrected chi connectivity index (χ1v) is 14.5. The average molecular weight is 543 g/mol. The third-order valence-corrected chi connectivity index (χ3v) is 10.5. The fourth-order valence-electron chi connectivity index (χ4n) is 3.67. The summed E-state index contributed by atoms with van der Waals surface area (Å²) in [5, 5.41) is 3.54. The molecular weight excluding hydrogens is 520 g/mol. The Balaban J connectivity index is 1.49. The van der Waals surface area contributed by atoms with Gasteiger partial charge in [0.2, 0.25) is 26.0 Å². The molecule has 2 heterocycles. The van der Waals surface area contributed by atoms with Crippen molar-refractivity contribution < 1.29 is 21.6 Å². The van der Waals surface area contributed by atoms with E-state index >= 15 is 0 Å². The molecule has 0 radical (unpaired) electrons. The molecular formula is C21H23ClN4O5S3. The van der Waals surface area contributed by atoms with Gasteiger partial charge < -0.3 is 5.32 Å². The number of hydrogen-bond acceptors (Lipinski definition) is 7. The minimum absolute atomic E-state index is 0.0624. The second-order valence-electron chi connectivity index (χ2n) is 8.08. The number of benzene rings is 2.